The maximum atomic E-state index is 12.3. The van der Waals surface area contributed by atoms with Crippen LogP contribution < -0.4 is 10.1 Å². The smallest absolute Gasteiger partial charge is 0.241 e. The van der Waals surface area contributed by atoms with E-state index in [0.29, 0.717) is 37.1 Å². The van der Waals surface area contributed by atoms with E-state index in [1.807, 2.05) is 54.6 Å². The number of hydrogen-bond donors (Lipinski definition) is 1. The van der Waals surface area contributed by atoms with Gasteiger partial charge in [-0.3, -0.25) is 9.69 Å². The third-order valence-electron chi connectivity index (χ3n) is 5.87. The average Bonchev–Trinajstić information content (AvgIpc) is 3.31. The van der Waals surface area contributed by atoms with Crippen molar-refractivity contribution in [1.29, 1.82) is 0 Å². The number of nitrogens with zero attached hydrogens (tertiary/aromatic N) is 3. The molecule has 4 rings (SSSR count). The Balaban J connectivity index is 1.21. The SMILES string of the molecule is COc1cccc(CNC(=O)CCC2CCCN(Cc3nc(-c4ccccc4)no3)C2)c1. The number of carbonyl (C=O) groups excluding carboxylic acids is 1. The molecule has 3 aromatic rings. The number of methoxy groups -OCH3 is 1. The van der Waals surface area contributed by atoms with E-state index in [0.717, 1.165) is 49.2 Å². The summed E-state index contributed by atoms with van der Waals surface area (Å²) in [7, 11) is 1.64. The van der Waals surface area contributed by atoms with Crippen LogP contribution in [0.5, 0.6) is 5.75 Å². The van der Waals surface area contributed by atoms with Crippen molar-refractivity contribution in [2.75, 3.05) is 20.2 Å². The molecule has 7 heteroatoms. The number of piperidine rings is 1. The molecule has 0 bridgehead atoms. The third-order valence-corrected chi connectivity index (χ3v) is 5.87. The maximum absolute atomic E-state index is 12.3. The van der Waals surface area contributed by atoms with Crippen LogP contribution in [0.15, 0.2) is 59.1 Å². The molecule has 32 heavy (non-hydrogen) atoms. The molecule has 168 valence electrons. The molecular formula is C25H30N4O3. The number of hydrogen-bond acceptors (Lipinski definition) is 6. The highest BCUT2D eigenvalue weighted by Crippen LogP contribution is 2.23. The molecule has 0 radical (unpaired) electrons. The van der Waals surface area contributed by atoms with E-state index in [9.17, 15) is 4.79 Å². The lowest BCUT2D eigenvalue weighted by Crippen LogP contribution is -2.35. The van der Waals surface area contributed by atoms with Crippen LogP contribution in [-0.4, -0.2) is 41.1 Å². The molecule has 1 unspecified atom stereocenters. The van der Waals surface area contributed by atoms with Gasteiger partial charge in [-0.1, -0.05) is 47.6 Å². The quantitative estimate of drug-likeness (QED) is 0.547. The molecule has 1 N–H and O–H groups in total. The van der Waals surface area contributed by atoms with Crippen molar-refractivity contribution in [2.45, 2.75) is 38.8 Å². The Bertz CT molecular complexity index is 1010. The van der Waals surface area contributed by atoms with Crippen LogP contribution in [0.2, 0.25) is 0 Å². The summed E-state index contributed by atoms with van der Waals surface area (Å²) in [6.07, 6.45) is 3.70. The van der Waals surface area contributed by atoms with Gasteiger partial charge in [0.15, 0.2) is 0 Å². The van der Waals surface area contributed by atoms with Crippen molar-refractivity contribution >= 4 is 5.91 Å². The molecule has 7 nitrogen and oxygen atoms in total. The van der Waals surface area contributed by atoms with Crippen LogP contribution >= 0.6 is 0 Å². The van der Waals surface area contributed by atoms with Crippen LogP contribution in [0.25, 0.3) is 11.4 Å². The molecular weight excluding hydrogens is 404 g/mol. The average molecular weight is 435 g/mol. The lowest BCUT2D eigenvalue weighted by Gasteiger charge is -2.31. The minimum absolute atomic E-state index is 0.0920. The first-order valence-electron chi connectivity index (χ1n) is 11.2. The lowest BCUT2D eigenvalue weighted by molar-refractivity contribution is -0.121. The van der Waals surface area contributed by atoms with E-state index in [4.69, 9.17) is 9.26 Å². The third kappa shape index (κ3) is 6.17. The van der Waals surface area contributed by atoms with E-state index in [2.05, 4.69) is 20.4 Å². The van der Waals surface area contributed by atoms with Crippen molar-refractivity contribution in [3.8, 4) is 17.1 Å². The summed E-state index contributed by atoms with van der Waals surface area (Å²) in [5.41, 5.74) is 2.00. The van der Waals surface area contributed by atoms with Gasteiger partial charge in [0.1, 0.15) is 5.75 Å². The first kappa shape index (κ1) is 22.0. The number of nitrogens with one attached hydrogen (secondary N) is 1. The Morgan fingerprint density at radius 1 is 1.22 bits per heavy atom. The number of carbonyl (C=O) groups is 1. The predicted octanol–water partition coefficient (Wildman–Crippen LogP) is 4.05. The second-order valence-corrected chi connectivity index (χ2v) is 8.29. The topological polar surface area (TPSA) is 80.5 Å². The van der Waals surface area contributed by atoms with Gasteiger partial charge in [0.05, 0.1) is 13.7 Å². The van der Waals surface area contributed by atoms with Gasteiger partial charge in [-0.25, -0.2) is 0 Å². The summed E-state index contributed by atoms with van der Waals surface area (Å²) < 4.78 is 10.7. The molecule has 1 aliphatic heterocycles. The molecule has 1 amide bonds. The Kier molecular flexibility index (Phi) is 7.51. The van der Waals surface area contributed by atoms with Gasteiger partial charge in [-0.05, 0) is 49.4 Å². The van der Waals surface area contributed by atoms with Crippen LogP contribution in [0.4, 0.5) is 0 Å². The fourth-order valence-electron chi connectivity index (χ4n) is 4.15. The maximum Gasteiger partial charge on any atom is 0.241 e. The fraction of sp³-hybridized carbons (Fsp3) is 0.400. The molecule has 1 aromatic heterocycles. The zero-order valence-corrected chi connectivity index (χ0v) is 18.5. The first-order valence-corrected chi connectivity index (χ1v) is 11.2. The normalized spacial score (nSPS) is 16.6. The number of aromatic nitrogens is 2. The first-order chi connectivity index (χ1) is 15.7. The van der Waals surface area contributed by atoms with Gasteiger partial charge < -0.3 is 14.6 Å². The standard InChI is InChI=1S/C25H30N4O3/c1-31-22-11-5-7-20(15-22)16-26-23(30)13-12-19-8-6-14-29(17-19)18-24-27-25(28-32-24)21-9-3-2-4-10-21/h2-5,7,9-11,15,19H,6,8,12-14,16-18H2,1H3,(H,26,30). The van der Waals surface area contributed by atoms with Gasteiger partial charge in [0, 0.05) is 25.1 Å². The highest BCUT2D eigenvalue weighted by Gasteiger charge is 2.22. The molecule has 0 aliphatic carbocycles. The minimum Gasteiger partial charge on any atom is -0.497 e. The highest BCUT2D eigenvalue weighted by atomic mass is 16.5. The summed E-state index contributed by atoms with van der Waals surface area (Å²) >= 11 is 0. The zero-order chi connectivity index (χ0) is 22.2. The van der Waals surface area contributed by atoms with E-state index >= 15 is 0 Å². The lowest BCUT2D eigenvalue weighted by atomic mass is 9.93. The summed E-state index contributed by atoms with van der Waals surface area (Å²) in [5, 5.41) is 7.13. The fourth-order valence-corrected chi connectivity index (χ4v) is 4.15. The van der Waals surface area contributed by atoms with Crippen LogP contribution in [0.1, 0.15) is 37.1 Å². The number of rotatable bonds is 9. The van der Waals surface area contributed by atoms with Gasteiger partial charge in [0.2, 0.25) is 17.6 Å². The Labute approximate surface area is 188 Å². The molecule has 2 aromatic carbocycles. The van der Waals surface area contributed by atoms with Crippen molar-refractivity contribution in [2.24, 2.45) is 5.92 Å². The van der Waals surface area contributed by atoms with Gasteiger partial charge in [0.25, 0.3) is 0 Å². The monoisotopic (exact) mass is 434 g/mol. The molecule has 1 aliphatic rings. The molecule has 0 spiro atoms. The zero-order valence-electron chi connectivity index (χ0n) is 18.5. The van der Waals surface area contributed by atoms with Crippen molar-refractivity contribution < 1.29 is 14.1 Å². The molecule has 1 saturated heterocycles. The van der Waals surface area contributed by atoms with E-state index in [1.165, 1.54) is 0 Å². The Hall–Kier alpha value is -3.19. The molecule has 1 atom stereocenters. The number of amides is 1. The molecule has 2 heterocycles. The second-order valence-electron chi connectivity index (χ2n) is 8.29. The van der Waals surface area contributed by atoms with Gasteiger partial charge in [-0.2, -0.15) is 4.98 Å². The summed E-state index contributed by atoms with van der Waals surface area (Å²) in [5.74, 6) is 2.66. The number of benzene rings is 2. The van der Waals surface area contributed by atoms with Crippen molar-refractivity contribution in [3.63, 3.8) is 0 Å². The van der Waals surface area contributed by atoms with E-state index in [-0.39, 0.29) is 5.91 Å². The summed E-state index contributed by atoms with van der Waals surface area (Å²) in [6, 6.07) is 17.6. The van der Waals surface area contributed by atoms with Crippen molar-refractivity contribution in [3.05, 3.63) is 66.1 Å². The number of ether oxygens (including phenoxy) is 1. The van der Waals surface area contributed by atoms with E-state index < -0.39 is 0 Å². The van der Waals surface area contributed by atoms with Gasteiger partial charge >= 0.3 is 0 Å². The van der Waals surface area contributed by atoms with E-state index in [1.54, 1.807) is 7.11 Å². The minimum atomic E-state index is 0.0920. The van der Waals surface area contributed by atoms with Crippen LogP contribution in [-0.2, 0) is 17.9 Å². The van der Waals surface area contributed by atoms with Gasteiger partial charge in [-0.15, -0.1) is 0 Å². The Morgan fingerprint density at radius 2 is 2.09 bits per heavy atom. The van der Waals surface area contributed by atoms with Crippen LogP contribution in [0.3, 0.4) is 0 Å². The number of likely N-dealkylation sites (tertiary alicyclic amines) is 1. The Morgan fingerprint density at radius 3 is 2.94 bits per heavy atom. The summed E-state index contributed by atoms with van der Waals surface area (Å²) in [6.45, 7) is 3.14. The second kappa shape index (κ2) is 10.9. The molecule has 0 saturated carbocycles. The molecule has 1 fully saturated rings. The largest absolute Gasteiger partial charge is 0.497 e. The highest BCUT2D eigenvalue weighted by molar-refractivity contribution is 5.75. The van der Waals surface area contributed by atoms with Crippen molar-refractivity contribution in [1.82, 2.24) is 20.4 Å². The summed E-state index contributed by atoms with van der Waals surface area (Å²) in [4.78, 5) is 19.2. The predicted molar refractivity (Wildman–Crippen MR) is 122 cm³/mol. The van der Waals surface area contributed by atoms with Crippen LogP contribution in [0, 0.1) is 5.92 Å².